The van der Waals surface area contributed by atoms with Gasteiger partial charge in [-0.1, -0.05) is 17.7 Å². The van der Waals surface area contributed by atoms with E-state index in [1.165, 1.54) is 6.92 Å². The maximum atomic E-state index is 11.7. The Balaban J connectivity index is 2.51. The third-order valence-corrected chi connectivity index (χ3v) is 2.88. The lowest BCUT2D eigenvalue weighted by molar-refractivity contribution is -0.124. The fraction of sp³-hybridized carbons (Fsp3) is 0.273. The number of benzene rings is 1. The minimum Gasteiger partial charge on any atom is -0.341 e. The standard InChI is InChI=1S/C11H11ClN2O2/c1-5-3-4-7(12)8-9(5)14-11(16)10(8)13-6(2)15/h3-4,10H,1-2H3,(H,13,15)(H,14,16)/t10-/m0/s1. The first-order chi connectivity index (χ1) is 7.50. The van der Waals surface area contributed by atoms with Gasteiger partial charge >= 0.3 is 0 Å². The predicted molar refractivity (Wildman–Crippen MR) is 61.4 cm³/mol. The number of aryl methyl sites for hydroxylation is 1. The van der Waals surface area contributed by atoms with E-state index < -0.39 is 6.04 Å². The molecule has 1 heterocycles. The molecule has 0 saturated carbocycles. The molecule has 2 amide bonds. The first-order valence-electron chi connectivity index (χ1n) is 4.87. The van der Waals surface area contributed by atoms with Gasteiger partial charge < -0.3 is 10.6 Å². The van der Waals surface area contributed by atoms with Gasteiger partial charge in [-0.15, -0.1) is 0 Å². The normalized spacial score (nSPS) is 17.9. The number of hydrogen-bond acceptors (Lipinski definition) is 2. The largest absolute Gasteiger partial charge is 0.341 e. The summed E-state index contributed by atoms with van der Waals surface area (Å²) in [5.74, 6) is -0.507. The van der Waals surface area contributed by atoms with Crippen LogP contribution in [0.2, 0.25) is 5.02 Å². The lowest BCUT2D eigenvalue weighted by Crippen LogP contribution is -2.31. The summed E-state index contributed by atoms with van der Waals surface area (Å²) in [6, 6.07) is 2.88. The average Bonchev–Trinajstić information content (AvgIpc) is 2.51. The van der Waals surface area contributed by atoms with Crippen LogP contribution >= 0.6 is 11.6 Å². The summed E-state index contributed by atoms with van der Waals surface area (Å²) in [5, 5.41) is 5.79. The van der Waals surface area contributed by atoms with E-state index >= 15 is 0 Å². The highest BCUT2D eigenvalue weighted by Crippen LogP contribution is 2.38. The number of amides is 2. The van der Waals surface area contributed by atoms with E-state index in [-0.39, 0.29) is 11.8 Å². The van der Waals surface area contributed by atoms with Gasteiger partial charge in [0, 0.05) is 17.5 Å². The second kappa shape index (κ2) is 3.79. The van der Waals surface area contributed by atoms with Crippen LogP contribution in [-0.4, -0.2) is 11.8 Å². The number of carbonyl (C=O) groups is 2. The first kappa shape index (κ1) is 11.0. The van der Waals surface area contributed by atoms with Crippen LogP contribution in [0.15, 0.2) is 12.1 Å². The van der Waals surface area contributed by atoms with Crippen molar-refractivity contribution in [3.05, 3.63) is 28.3 Å². The molecule has 84 valence electrons. The molecule has 2 N–H and O–H groups in total. The minimum absolute atomic E-state index is 0.249. The highest BCUT2D eigenvalue weighted by Gasteiger charge is 2.34. The molecule has 0 unspecified atom stereocenters. The molecule has 2 rings (SSSR count). The molecule has 1 aromatic rings. The zero-order valence-corrected chi connectivity index (χ0v) is 9.68. The van der Waals surface area contributed by atoms with E-state index in [2.05, 4.69) is 10.6 Å². The maximum absolute atomic E-state index is 11.7. The Kier molecular flexibility index (Phi) is 2.59. The summed E-state index contributed by atoms with van der Waals surface area (Å²) < 4.78 is 0. The van der Waals surface area contributed by atoms with E-state index in [1.54, 1.807) is 6.07 Å². The number of anilines is 1. The third-order valence-electron chi connectivity index (χ3n) is 2.55. The van der Waals surface area contributed by atoms with E-state index in [1.807, 2.05) is 13.0 Å². The molecule has 0 bridgehead atoms. The molecule has 0 saturated heterocycles. The lowest BCUT2D eigenvalue weighted by atomic mass is 10.0. The molecule has 1 aromatic carbocycles. The van der Waals surface area contributed by atoms with Gasteiger partial charge in [0.2, 0.25) is 5.91 Å². The molecular formula is C11H11ClN2O2. The van der Waals surface area contributed by atoms with Crippen LogP contribution in [-0.2, 0) is 9.59 Å². The van der Waals surface area contributed by atoms with E-state index in [0.717, 1.165) is 5.56 Å². The zero-order valence-electron chi connectivity index (χ0n) is 8.93. The smallest absolute Gasteiger partial charge is 0.251 e. The topological polar surface area (TPSA) is 58.2 Å². The quantitative estimate of drug-likeness (QED) is 0.784. The SMILES string of the molecule is CC(=O)N[C@@H]1C(=O)Nc2c(C)ccc(Cl)c21. The van der Waals surface area contributed by atoms with Gasteiger partial charge in [0.15, 0.2) is 0 Å². The summed E-state index contributed by atoms with van der Waals surface area (Å²) >= 11 is 6.04. The number of rotatable bonds is 1. The summed E-state index contributed by atoms with van der Waals surface area (Å²) in [6.07, 6.45) is 0. The van der Waals surface area contributed by atoms with Crippen LogP contribution in [0.3, 0.4) is 0 Å². The van der Waals surface area contributed by atoms with E-state index in [0.29, 0.717) is 16.3 Å². The average molecular weight is 239 g/mol. The van der Waals surface area contributed by atoms with Crippen molar-refractivity contribution in [2.24, 2.45) is 0 Å². The molecule has 0 spiro atoms. The Labute approximate surface area is 98.0 Å². The summed E-state index contributed by atoms with van der Waals surface area (Å²) in [5.41, 5.74) is 2.29. The molecule has 0 aromatic heterocycles. The number of halogens is 1. The molecule has 4 nitrogen and oxygen atoms in total. The Morgan fingerprint density at radius 3 is 2.81 bits per heavy atom. The van der Waals surface area contributed by atoms with Crippen LogP contribution in [0.4, 0.5) is 5.69 Å². The Bertz CT molecular complexity index is 485. The number of nitrogens with one attached hydrogen (secondary N) is 2. The molecular weight excluding hydrogens is 228 g/mol. The lowest BCUT2D eigenvalue weighted by Gasteiger charge is -2.11. The van der Waals surface area contributed by atoms with Crippen molar-refractivity contribution >= 4 is 29.1 Å². The second-order valence-corrected chi connectivity index (χ2v) is 4.18. The van der Waals surface area contributed by atoms with Gasteiger partial charge in [-0.25, -0.2) is 0 Å². The first-order valence-corrected chi connectivity index (χ1v) is 5.25. The Morgan fingerprint density at radius 1 is 1.50 bits per heavy atom. The predicted octanol–water partition coefficient (Wildman–Crippen LogP) is 1.78. The van der Waals surface area contributed by atoms with Gasteiger partial charge in [0.05, 0.1) is 5.69 Å². The number of carbonyl (C=O) groups excluding carboxylic acids is 2. The summed E-state index contributed by atoms with van der Waals surface area (Å²) in [4.78, 5) is 22.7. The summed E-state index contributed by atoms with van der Waals surface area (Å²) in [6.45, 7) is 3.25. The number of hydrogen-bond donors (Lipinski definition) is 2. The maximum Gasteiger partial charge on any atom is 0.251 e. The van der Waals surface area contributed by atoms with Gasteiger partial charge in [-0.3, -0.25) is 9.59 Å². The molecule has 0 aliphatic carbocycles. The molecule has 1 aliphatic rings. The molecule has 1 aliphatic heterocycles. The molecule has 0 radical (unpaired) electrons. The van der Waals surface area contributed by atoms with E-state index in [9.17, 15) is 9.59 Å². The monoisotopic (exact) mass is 238 g/mol. The van der Waals surface area contributed by atoms with Gasteiger partial charge in [0.1, 0.15) is 6.04 Å². The Morgan fingerprint density at radius 2 is 2.19 bits per heavy atom. The molecule has 1 atom stereocenters. The van der Waals surface area contributed by atoms with Crippen LogP contribution in [0.25, 0.3) is 0 Å². The van der Waals surface area contributed by atoms with Gasteiger partial charge in [0.25, 0.3) is 5.91 Å². The van der Waals surface area contributed by atoms with Crippen molar-refractivity contribution in [2.75, 3.05) is 5.32 Å². The fourth-order valence-electron chi connectivity index (χ4n) is 1.82. The number of fused-ring (bicyclic) bond motifs is 1. The van der Waals surface area contributed by atoms with E-state index in [4.69, 9.17) is 11.6 Å². The second-order valence-electron chi connectivity index (χ2n) is 3.78. The van der Waals surface area contributed by atoms with Crippen LogP contribution in [0.5, 0.6) is 0 Å². The highest BCUT2D eigenvalue weighted by molar-refractivity contribution is 6.33. The van der Waals surface area contributed by atoms with Crippen molar-refractivity contribution in [3.8, 4) is 0 Å². The minimum atomic E-state index is -0.681. The fourth-order valence-corrected chi connectivity index (χ4v) is 2.09. The zero-order chi connectivity index (χ0) is 11.9. The third kappa shape index (κ3) is 1.65. The van der Waals surface area contributed by atoms with Crippen molar-refractivity contribution in [2.45, 2.75) is 19.9 Å². The van der Waals surface area contributed by atoms with Crippen molar-refractivity contribution in [1.29, 1.82) is 0 Å². The highest BCUT2D eigenvalue weighted by atomic mass is 35.5. The Hall–Kier alpha value is -1.55. The molecule has 0 fully saturated rings. The van der Waals surface area contributed by atoms with Crippen molar-refractivity contribution < 1.29 is 9.59 Å². The van der Waals surface area contributed by atoms with Gasteiger partial charge in [-0.05, 0) is 18.6 Å². The molecule has 5 heteroatoms. The summed E-state index contributed by atoms with van der Waals surface area (Å²) in [7, 11) is 0. The molecule has 16 heavy (non-hydrogen) atoms. The van der Waals surface area contributed by atoms with Crippen LogP contribution in [0.1, 0.15) is 24.1 Å². The van der Waals surface area contributed by atoms with Gasteiger partial charge in [-0.2, -0.15) is 0 Å². The van der Waals surface area contributed by atoms with Crippen molar-refractivity contribution in [3.63, 3.8) is 0 Å². The van der Waals surface area contributed by atoms with Crippen LogP contribution < -0.4 is 10.6 Å². The van der Waals surface area contributed by atoms with Crippen molar-refractivity contribution in [1.82, 2.24) is 5.32 Å². The van der Waals surface area contributed by atoms with Crippen LogP contribution in [0, 0.1) is 6.92 Å².